The standard InChI is InChI=1S/C11H11BrN2O3/c1-7(12)6-13-11(17)14-9-5-3-2-4-8(9)10(15)16/h2-5H,1,6H2,(H,15,16)(H2,13,14,17). The molecule has 0 aliphatic rings. The van der Waals surface area contributed by atoms with E-state index < -0.39 is 12.0 Å². The molecule has 5 nitrogen and oxygen atoms in total. The molecule has 0 saturated carbocycles. The van der Waals surface area contributed by atoms with Gasteiger partial charge in [0.2, 0.25) is 0 Å². The Morgan fingerprint density at radius 3 is 2.59 bits per heavy atom. The molecule has 0 unspecified atom stereocenters. The first-order valence-electron chi connectivity index (χ1n) is 4.71. The summed E-state index contributed by atoms with van der Waals surface area (Å²) < 4.78 is 0.624. The minimum absolute atomic E-state index is 0.0420. The third-order valence-corrected chi connectivity index (χ3v) is 2.13. The lowest BCUT2D eigenvalue weighted by Crippen LogP contribution is -2.30. The number of carboxylic acid groups (broad SMARTS) is 1. The van der Waals surface area contributed by atoms with Crippen molar-refractivity contribution in [1.82, 2.24) is 5.32 Å². The third-order valence-electron chi connectivity index (χ3n) is 1.85. The zero-order chi connectivity index (χ0) is 12.8. The molecule has 0 spiro atoms. The highest BCUT2D eigenvalue weighted by molar-refractivity contribution is 9.11. The van der Waals surface area contributed by atoms with Crippen LogP contribution in [-0.2, 0) is 0 Å². The van der Waals surface area contributed by atoms with Crippen LogP contribution in [0.4, 0.5) is 10.5 Å². The number of aromatic carboxylic acids is 1. The molecule has 0 saturated heterocycles. The lowest BCUT2D eigenvalue weighted by atomic mass is 10.2. The maximum atomic E-state index is 11.4. The number of amides is 2. The molecule has 0 fully saturated rings. The molecule has 0 aromatic heterocycles. The van der Waals surface area contributed by atoms with E-state index in [0.717, 1.165) is 0 Å². The van der Waals surface area contributed by atoms with E-state index in [1.165, 1.54) is 12.1 Å². The molecule has 0 atom stereocenters. The van der Waals surface area contributed by atoms with Gasteiger partial charge < -0.3 is 15.7 Å². The van der Waals surface area contributed by atoms with Crippen molar-refractivity contribution in [1.29, 1.82) is 0 Å². The molecule has 6 heteroatoms. The van der Waals surface area contributed by atoms with Gasteiger partial charge in [0.15, 0.2) is 0 Å². The van der Waals surface area contributed by atoms with E-state index in [-0.39, 0.29) is 17.8 Å². The number of anilines is 1. The summed E-state index contributed by atoms with van der Waals surface area (Å²) in [5.74, 6) is -1.09. The van der Waals surface area contributed by atoms with Crippen molar-refractivity contribution >= 4 is 33.6 Å². The van der Waals surface area contributed by atoms with E-state index in [1.807, 2.05) is 0 Å². The first kappa shape index (κ1) is 13.2. The highest BCUT2D eigenvalue weighted by Crippen LogP contribution is 2.14. The van der Waals surface area contributed by atoms with Crippen molar-refractivity contribution in [2.45, 2.75) is 0 Å². The smallest absolute Gasteiger partial charge is 0.337 e. The van der Waals surface area contributed by atoms with Gasteiger partial charge in [0, 0.05) is 4.48 Å². The molecule has 0 aliphatic heterocycles. The Bertz CT molecular complexity index is 460. The van der Waals surface area contributed by atoms with Crippen molar-refractivity contribution in [3.05, 3.63) is 40.9 Å². The number of urea groups is 1. The predicted octanol–water partition coefficient (Wildman–Crippen LogP) is 2.41. The largest absolute Gasteiger partial charge is 0.478 e. The van der Waals surface area contributed by atoms with Crippen molar-refractivity contribution in [2.24, 2.45) is 0 Å². The Morgan fingerprint density at radius 2 is 2.00 bits per heavy atom. The Labute approximate surface area is 107 Å². The quantitative estimate of drug-likeness (QED) is 0.799. The second-order valence-corrected chi connectivity index (χ2v) is 4.30. The van der Waals surface area contributed by atoms with Crippen LogP contribution in [0.1, 0.15) is 10.4 Å². The predicted molar refractivity (Wildman–Crippen MR) is 68.5 cm³/mol. The van der Waals surface area contributed by atoms with Gasteiger partial charge in [-0.1, -0.05) is 34.6 Å². The number of benzene rings is 1. The van der Waals surface area contributed by atoms with Crippen LogP contribution in [0.3, 0.4) is 0 Å². The van der Waals surface area contributed by atoms with Crippen molar-refractivity contribution in [3.8, 4) is 0 Å². The number of hydrogen-bond donors (Lipinski definition) is 3. The summed E-state index contributed by atoms with van der Waals surface area (Å²) in [5, 5.41) is 13.9. The average Bonchev–Trinajstić information content (AvgIpc) is 2.27. The second-order valence-electron chi connectivity index (χ2n) is 3.18. The van der Waals surface area contributed by atoms with Gasteiger partial charge in [0.1, 0.15) is 0 Å². The summed E-state index contributed by atoms with van der Waals surface area (Å²) in [5.41, 5.74) is 0.290. The van der Waals surface area contributed by atoms with Crippen molar-refractivity contribution in [3.63, 3.8) is 0 Å². The van der Waals surface area contributed by atoms with Crippen LogP contribution in [0.5, 0.6) is 0 Å². The zero-order valence-corrected chi connectivity index (χ0v) is 10.5. The van der Waals surface area contributed by atoms with E-state index in [1.54, 1.807) is 12.1 Å². The number of para-hydroxylation sites is 1. The molecule has 0 heterocycles. The van der Waals surface area contributed by atoms with Crippen LogP contribution < -0.4 is 10.6 Å². The molecule has 17 heavy (non-hydrogen) atoms. The van der Waals surface area contributed by atoms with Gasteiger partial charge in [-0.15, -0.1) is 0 Å². The fourth-order valence-corrected chi connectivity index (χ4v) is 1.26. The summed E-state index contributed by atoms with van der Waals surface area (Å²) >= 11 is 3.09. The monoisotopic (exact) mass is 298 g/mol. The van der Waals surface area contributed by atoms with Crippen molar-refractivity contribution in [2.75, 3.05) is 11.9 Å². The summed E-state index contributed by atoms with van der Waals surface area (Å²) in [6, 6.07) is 5.69. The average molecular weight is 299 g/mol. The number of carbonyl (C=O) groups excluding carboxylic acids is 1. The first-order chi connectivity index (χ1) is 8.00. The Balaban J connectivity index is 2.71. The summed E-state index contributed by atoms with van der Waals surface area (Å²) in [7, 11) is 0. The molecular formula is C11H11BrN2O3. The van der Waals surface area contributed by atoms with E-state index >= 15 is 0 Å². The lowest BCUT2D eigenvalue weighted by molar-refractivity contribution is 0.0698. The van der Waals surface area contributed by atoms with E-state index in [2.05, 4.69) is 33.1 Å². The molecule has 1 aromatic rings. The van der Waals surface area contributed by atoms with Gasteiger partial charge >= 0.3 is 12.0 Å². The Morgan fingerprint density at radius 1 is 1.35 bits per heavy atom. The summed E-state index contributed by atoms with van der Waals surface area (Å²) in [6.45, 7) is 3.82. The van der Waals surface area contributed by atoms with Crippen LogP contribution in [0.15, 0.2) is 35.3 Å². The fraction of sp³-hybridized carbons (Fsp3) is 0.0909. The topological polar surface area (TPSA) is 78.4 Å². The molecular weight excluding hydrogens is 288 g/mol. The van der Waals surface area contributed by atoms with Crippen LogP contribution in [0, 0.1) is 0 Å². The zero-order valence-electron chi connectivity index (χ0n) is 8.87. The molecule has 0 bridgehead atoms. The van der Waals surface area contributed by atoms with E-state index in [0.29, 0.717) is 4.48 Å². The van der Waals surface area contributed by atoms with Crippen LogP contribution in [-0.4, -0.2) is 23.7 Å². The van der Waals surface area contributed by atoms with Gasteiger partial charge in [0.05, 0.1) is 17.8 Å². The first-order valence-corrected chi connectivity index (χ1v) is 5.50. The fourth-order valence-electron chi connectivity index (χ4n) is 1.12. The Hall–Kier alpha value is -1.82. The summed E-state index contributed by atoms with van der Waals surface area (Å²) in [4.78, 5) is 22.3. The second kappa shape index (κ2) is 6.05. The number of nitrogens with one attached hydrogen (secondary N) is 2. The normalized spacial score (nSPS) is 9.47. The number of carboxylic acids is 1. The van der Waals surface area contributed by atoms with E-state index in [4.69, 9.17) is 5.11 Å². The molecule has 1 rings (SSSR count). The van der Waals surface area contributed by atoms with Crippen LogP contribution in [0.2, 0.25) is 0 Å². The SMILES string of the molecule is C=C(Br)CNC(=O)Nc1ccccc1C(=O)O. The maximum absolute atomic E-state index is 11.4. The minimum Gasteiger partial charge on any atom is -0.478 e. The minimum atomic E-state index is -1.09. The van der Waals surface area contributed by atoms with Gasteiger partial charge in [-0.2, -0.15) is 0 Å². The number of hydrogen-bond acceptors (Lipinski definition) is 2. The number of rotatable bonds is 4. The molecule has 90 valence electrons. The van der Waals surface area contributed by atoms with Gasteiger partial charge in [-0.05, 0) is 12.1 Å². The van der Waals surface area contributed by atoms with Gasteiger partial charge in [-0.25, -0.2) is 9.59 Å². The lowest BCUT2D eigenvalue weighted by Gasteiger charge is -2.09. The van der Waals surface area contributed by atoms with Crippen LogP contribution >= 0.6 is 15.9 Å². The number of halogens is 1. The molecule has 1 aromatic carbocycles. The molecule has 2 amide bonds. The van der Waals surface area contributed by atoms with Gasteiger partial charge in [0.25, 0.3) is 0 Å². The maximum Gasteiger partial charge on any atom is 0.337 e. The molecule has 0 aliphatic carbocycles. The Kier molecular flexibility index (Phi) is 4.71. The van der Waals surface area contributed by atoms with Crippen molar-refractivity contribution < 1.29 is 14.7 Å². The highest BCUT2D eigenvalue weighted by Gasteiger charge is 2.10. The third kappa shape index (κ3) is 4.28. The van der Waals surface area contributed by atoms with Crippen LogP contribution in [0.25, 0.3) is 0 Å². The summed E-state index contributed by atoms with van der Waals surface area (Å²) in [6.07, 6.45) is 0. The van der Waals surface area contributed by atoms with E-state index in [9.17, 15) is 9.59 Å². The number of carbonyl (C=O) groups is 2. The molecule has 3 N–H and O–H groups in total. The van der Waals surface area contributed by atoms with Gasteiger partial charge in [-0.3, -0.25) is 0 Å². The molecule has 0 radical (unpaired) electrons. The highest BCUT2D eigenvalue weighted by atomic mass is 79.9.